The zero-order valence-corrected chi connectivity index (χ0v) is 8.10. The largest absolute Gasteiger partial charge is 0.373 e. The molecule has 0 fully saturated rings. The predicted octanol–water partition coefficient (Wildman–Crippen LogP) is 2.03. The van der Waals surface area contributed by atoms with Crippen LogP contribution in [0.15, 0.2) is 0 Å². The third-order valence-corrected chi connectivity index (χ3v) is 1.66. The molecule has 0 aliphatic rings. The van der Waals surface area contributed by atoms with Crippen molar-refractivity contribution >= 4 is 5.78 Å². The second-order valence-electron chi connectivity index (χ2n) is 3.80. The van der Waals surface area contributed by atoms with E-state index in [2.05, 4.69) is 0 Å². The zero-order valence-electron chi connectivity index (χ0n) is 8.10. The lowest BCUT2D eigenvalue weighted by Crippen LogP contribution is -2.35. The molecule has 0 aromatic carbocycles. The second kappa shape index (κ2) is 3.86. The van der Waals surface area contributed by atoms with Crippen LogP contribution in [0.25, 0.3) is 0 Å². The minimum absolute atomic E-state index is 0.0815. The number of carbonyl (C=O) groups excluding carboxylic acids is 1. The number of hydrogen-bond donors (Lipinski definition) is 0. The van der Waals surface area contributed by atoms with E-state index in [9.17, 15) is 4.79 Å². The highest BCUT2D eigenvalue weighted by molar-refractivity contribution is 5.83. The Morgan fingerprint density at radius 3 is 2.00 bits per heavy atom. The van der Waals surface area contributed by atoms with E-state index in [0.29, 0.717) is 6.42 Å². The molecule has 0 bridgehead atoms. The summed E-state index contributed by atoms with van der Waals surface area (Å²) in [6.45, 7) is 7.89. The summed E-state index contributed by atoms with van der Waals surface area (Å²) in [5.41, 5.74) is -0.0815. The number of hydrogen-bond acceptors (Lipinski definition) is 2. The highest BCUT2D eigenvalue weighted by atomic mass is 16.5. The van der Waals surface area contributed by atoms with Gasteiger partial charge in [0.2, 0.25) is 0 Å². The Morgan fingerprint density at radius 1 is 1.45 bits per heavy atom. The van der Waals surface area contributed by atoms with Crippen LogP contribution >= 0.6 is 0 Å². The van der Waals surface area contributed by atoms with Gasteiger partial charge in [0.1, 0.15) is 6.10 Å². The third kappa shape index (κ3) is 3.02. The molecule has 0 radical (unpaired) electrons. The van der Waals surface area contributed by atoms with Gasteiger partial charge in [0.15, 0.2) is 5.78 Å². The van der Waals surface area contributed by atoms with Gasteiger partial charge in [-0.05, 0) is 5.41 Å². The van der Waals surface area contributed by atoms with Crippen molar-refractivity contribution in [1.82, 2.24) is 0 Å². The molecule has 1 unspecified atom stereocenters. The third-order valence-electron chi connectivity index (χ3n) is 1.66. The van der Waals surface area contributed by atoms with Gasteiger partial charge in [0.25, 0.3) is 0 Å². The van der Waals surface area contributed by atoms with Gasteiger partial charge in [-0.15, -0.1) is 0 Å². The number of ether oxygens (including phenoxy) is 1. The van der Waals surface area contributed by atoms with Gasteiger partial charge in [-0.2, -0.15) is 0 Å². The SMILES string of the molecule is CCC(=O)C(OC)C(C)(C)C. The minimum atomic E-state index is -0.257. The molecular weight excluding hydrogens is 140 g/mol. The first kappa shape index (κ1) is 10.6. The van der Waals surface area contributed by atoms with Crippen molar-refractivity contribution in [3.63, 3.8) is 0 Å². The van der Waals surface area contributed by atoms with E-state index in [0.717, 1.165) is 0 Å². The lowest BCUT2D eigenvalue weighted by molar-refractivity contribution is -0.134. The topological polar surface area (TPSA) is 26.3 Å². The molecule has 0 N–H and O–H groups in total. The smallest absolute Gasteiger partial charge is 0.161 e. The van der Waals surface area contributed by atoms with Crippen molar-refractivity contribution in [3.05, 3.63) is 0 Å². The molecule has 11 heavy (non-hydrogen) atoms. The van der Waals surface area contributed by atoms with Crippen molar-refractivity contribution in [2.45, 2.75) is 40.2 Å². The van der Waals surface area contributed by atoms with Crippen molar-refractivity contribution in [1.29, 1.82) is 0 Å². The summed E-state index contributed by atoms with van der Waals surface area (Å²) in [4.78, 5) is 11.3. The Labute approximate surface area is 68.9 Å². The van der Waals surface area contributed by atoms with Crippen LogP contribution in [0.2, 0.25) is 0 Å². The monoisotopic (exact) mass is 158 g/mol. The van der Waals surface area contributed by atoms with E-state index in [4.69, 9.17) is 4.74 Å². The summed E-state index contributed by atoms with van der Waals surface area (Å²) in [6.07, 6.45) is 0.294. The van der Waals surface area contributed by atoms with Crippen molar-refractivity contribution in [2.75, 3.05) is 7.11 Å². The molecule has 0 aliphatic heterocycles. The first-order valence-electron chi connectivity index (χ1n) is 3.99. The maximum absolute atomic E-state index is 11.3. The Balaban J connectivity index is 4.29. The molecule has 0 rings (SSSR count). The number of Topliss-reactive ketones (excluding diaryl/α,β-unsaturated/α-hetero) is 1. The molecule has 0 amide bonds. The molecule has 66 valence electrons. The lowest BCUT2D eigenvalue weighted by Gasteiger charge is -2.27. The summed E-state index contributed by atoms with van der Waals surface area (Å²) < 4.78 is 5.12. The fourth-order valence-corrected chi connectivity index (χ4v) is 1.15. The Kier molecular flexibility index (Phi) is 3.73. The molecule has 2 heteroatoms. The summed E-state index contributed by atoms with van der Waals surface area (Å²) in [5.74, 6) is 0.181. The van der Waals surface area contributed by atoms with Crippen LogP contribution in [0.5, 0.6) is 0 Å². The first-order chi connectivity index (χ1) is 4.93. The van der Waals surface area contributed by atoms with Crippen LogP contribution in [0.3, 0.4) is 0 Å². The standard InChI is InChI=1S/C9H18O2/c1-6-7(10)8(11-5)9(2,3)4/h8H,6H2,1-5H3. The zero-order chi connectivity index (χ0) is 9.07. The van der Waals surface area contributed by atoms with Crippen LogP contribution < -0.4 is 0 Å². The highest BCUT2D eigenvalue weighted by Gasteiger charge is 2.29. The predicted molar refractivity (Wildman–Crippen MR) is 45.6 cm³/mol. The molecule has 2 nitrogen and oxygen atoms in total. The van der Waals surface area contributed by atoms with Crippen molar-refractivity contribution in [2.24, 2.45) is 5.41 Å². The normalized spacial score (nSPS) is 14.6. The molecule has 0 aromatic rings. The van der Waals surface area contributed by atoms with Crippen molar-refractivity contribution in [3.8, 4) is 0 Å². The van der Waals surface area contributed by atoms with Crippen LogP contribution in [-0.4, -0.2) is 19.0 Å². The van der Waals surface area contributed by atoms with E-state index in [-0.39, 0.29) is 17.3 Å². The van der Waals surface area contributed by atoms with Crippen LogP contribution in [0, 0.1) is 5.41 Å². The van der Waals surface area contributed by atoms with Gasteiger partial charge in [-0.1, -0.05) is 27.7 Å². The fraction of sp³-hybridized carbons (Fsp3) is 0.889. The fourth-order valence-electron chi connectivity index (χ4n) is 1.15. The quantitative estimate of drug-likeness (QED) is 0.628. The lowest BCUT2D eigenvalue weighted by atomic mass is 9.86. The van der Waals surface area contributed by atoms with Crippen LogP contribution in [-0.2, 0) is 9.53 Å². The summed E-state index contributed by atoms with van der Waals surface area (Å²) >= 11 is 0. The first-order valence-corrected chi connectivity index (χ1v) is 3.99. The molecule has 0 saturated carbocycles. The highest BCUT2D eigenvalue weighted by Crippen LogP contribution is 2.23. The summed E-state index contributed by atoms with van der Waals surface area (Å²) in [7, 11) is 1.59. The molecule has 0 aromatic heterocycles. The Hall–Kier alpha value is -0.370. The van der Waals surface area contributed by atoms with Crippen molar-refractivity contribution < 1.29 is 9.53 Å². The van der Waals surface area contributed by atoms with Gasteiger partial charge in [0.05, 0.1) is 0 Å². The molecule has 0 spiro atoms. The van der Waals surface area contributed by atoms with Gasteiger partial charge in [-0.25, -0.2) is 0 Å². The van der Waals surface area contributed by atoms with E-state index in [1.807, 2.05) is 27.7 Å². The maximum Gasteiger partial charge on any atom is 0.161 e. The molecule has 0 aliphatic carbocycles. The van der Waals surface area contributed by atoms with Gasteiger partial charge < -0.3 is 4.74 Å². The Bertz CT molecular complexity index is 133. The average molecular weight is 158 g/mol. The number of methoxy groups -OCH3 is 1. The van der Waals surface area contributed by atoms with Gasteiger partial charge in [0, 0.05) is 13.5 Å². The van der Waals surface area contributed by atoms with E-state index >= 15 is 0 Å². The molecule has 0 saturated heterocycles. The second-order valence-corrected chi connectivity index (χ2v) is 3.80. The number of carbonyl (C=O) groups is 1. The van der Waals surface area contributed by atoms with E-state index in [1.54, 1.807) is 7.11 Å². The average Bonchev–Trinajstić information content (AvgIpc) is 1.86. The molecular formula is C9H18O2. The summed E-state index contributed by atoms with van der Waals surface area (Å²) in [5, 5.41) is 0. The minimum Gasteiger partial charge on any atom is -0.373 e. The van der Waals surface area contributed by atoms with Crippen LogP contribution in [0.4, 0.5) is 0 Å². The van der Waals surface area contributed by atoms with Crippen LogP contribution in [0.1, 0.15) is 34.1 Å². The van der Waals surface area contributed by atoms with E-state index < -0.39 is 0 Å². The Morgan fingerprint density at radius 2 is 1.91 bits per heavy atom. The molecule has 1 atom stereocenters. The number of ketones is 1. The van der Waals surface area contributed by atoms with E-state index in [1.165, 1.54) is 0 Å². The summed E-state index contributed by atoms with van der Waals surface area (Å²) in [6, 6.07) is 0. The maximum atomic E-state index is 11.3. The van der Waals surface area contributed by atoms with Gasteiger partial charge >= 0.3 is 0 Å². The number of rotatable bonds is 3. The molecule has 0 heterocycles. The van der Waals surface area contributed by atoms with Gasteiger partial charge in [-0.3, -0.25) is 4.79 Å².